The maximum Gasteiger partial charge on any atom is 0.353 e. The monoisotopic (exact) mass is 346 g/mol. The van der Waals surface area contributed by atoms with Crippen molar-refractivity contribution in [1.82, 2.24) is 14.9 Å². The average Bonchev–Trinajstić information content (AvgIpc) is 2.63. The molecule has 0 spiro atoms. The number of para-hydroxylation sites is 1. The minimum absolute atomic E-state index is 0.0157. The van der Waals surface area contributed by atoms with Gasteiger partial charge in [0, 0.05) is 26.2 Å². The number of nitrogens with one attached hydrogen (secondary N) is 1. The number of aromatic nitrogens is 2. The lowest BCUT2D eigenvalue weighted by atomic mass is 10.2. The third-order valence-electron chi connectivity index (χ3n) is 4.23. The van der Waals surface area contributed by atoms with Gasteiger partial charge in [0.2, 0.25) is 11.6 Å². The van der Waals surface area contributed by atoms with Crippen LogP contribution in [0.1, 0.15) is 6.92 Å². The Labute approximate surface area is 144 Å². The highest BCUT2D eigenvalue weighted by atomic mass is 19.1. The highest BCUT2D eigenvalue weighted by molar-refractivity contribution is 5.74. The van der Waals surface area contributed by atoms with Gasteiger partial charge in [0.05, 0.1) is 10.6 Å². The van der Waals surface area contributed by atoms with Crippen LogP contribution in [-0.2, 0) is 0 Å². The van der Waals surface area contributed by atoms with E-state index >= 15 is 0 Å². The molecule has 1 aliphatic rings. The Morgan fingerprint density at radius 1 is 1.24 bits per heavy atom. The van der Waals surface area contributed by atoms with E-state index in [4.69, 9.17) is 0 Å². The molecule has 25 heavy (non-hydrogen) atoms. The van der Waals surface area contributed by atoms with E-state index in [0.717, 1.165) is 19.6 Å². The molecule has 1 N–H and O–H groups in total. The molecule has 1 aromatic carbocycles. The highest BCUT2D eigenvalue weighted by Crippen LogP contribution is 2.34. The molecule has 0 saturated carbocycles. The largest absolute Gasteiger partial charge is 0.353 e. The standard InChI is InChI=1S/C16H19FN6O2/c1-2-21-7-9-22(10-8-21)16-14(23(24)25)15(18-11-19-16)20-13-6-4-3-5-12(13)17/h3-6,11H,2,7-10H2,1H3,(H,18,19,20). The van der Waals surface area contributed by atoms with Crippen molar-refractivity contribution in [3.05, 3.63) is 46.5 Å². The van der Waals surface area contributed by atoms with Crippen molar-refractivity contribution in [2.75, 3.05) is 42.9 Å². The van der Waals surface area contributed by atoms with Crippen LogP contribution in [0.2, 0.25) is 0 Å². The Morgan fingerprint density at radius 3 is 2.60 bits per heavy atom. The summed E-state index contributed by atoms with van der Waals surface area (Å²) in [7, 11) is 0. The number of likely N-dealkylation sites (N-methyl/N-ethyl adjacent to an activating group) is 1. The second kappa shape index (κ2) is 7.39. The zero-order valence-corrected chi connectivity index (χ0v) is 13.9. The van der Waals surface area contributed by atoms with Gasteiger partial charge in [-0.3, -0.25) is 10.1 Å². The number of anilines is 3. The zero-order valence-electron chi connectivity index (χ0n) is 13.9. The Bertz CT molecular complexity index is 764. The number of hydrogen-bond acceptors (Lipinski definition) is 7. The van der Waals surface area contributed by atoms with E-state index in [1.54, 1.807) is 12.1 Å². The van der Waals surface area contributed by atoms with Gasteiger partial charge in [0.25, 0.3) is 0 Å². The van der Waals surface area contributed by atoms with Crippen LogP contribution in [0.3, 0.4) is 0 Å². The topological polar surface area (TPSA) is 87.4 Å². The molecule has 0 atom stereocenters. The number of benzene rings is 1. The van der Waals surface area contributed by atoms with E-state index in [2.05, 4.69) is 27.1 Å². The fraction of sp³-hybridized carbons (Fsp3) is 0.375. The molecule has 2 heterocycles. The average molecular weight is 346 g/mol. The molecule has 1 saturated heterocycles. The maximum atomic E-state index is 13.9. The smallest absolute Gasteiger partial charge is 0.348 e. The van der Waals surface area contributed by atoms with Gasteiger partial charge in [-0.25, -0.2) is 14.4 Å². The molecule has 0 unspecified atom stereocenters. The van der Waals surface area contributed by atoms with Crippen molar-refractivity contribution < 1.29 is 9.31 Å². The molecule has 0 radical (unpaired) electrons. The van der Waals surface area contributed by atoms with Crippen molar-refractivity contribution in [3.8, 4) is 0 Å². The molecular formula is C16H19FN6O2. The predicted molar refractivity (Wildman–Crippen MR) is 92.7 cm³/mol. The summed E-state index contributed by atoms with van der Waals surface area (Å²) in [5, 5.41) is 14.4. The number of nitro groups is 1. The third kappa shape index (κ3) is 3.66. The van der Waals surface area contributed by atoms with Crippen LogP contribution in [-0.4, -0.2) is 52.5 Å². The Balaban J connectivity index is 1.92. The molecule has 1 aromatic heterocycles. The van der Waals surface area contributed by atoms with Crippen LogP contribution < -0.4 is 10.2 Å². The summed E-state index contributed by atoms with van der Waals surface area (Å²) in [5.74, 6) is -0.263. The number of piperazine rings is 1. The Morgan fingerprint density at radius 2 is 1.96 bits per heavy atom. The van der Waals surface area contributed by atoms with Crippen molar-refractivity contribution >= 4 is 23.0 Å². The number of hydrogen-bond donors (Lipinski definition) is 1. The molecule has 1 fully saturated rings. The molecule has 0 amide bonds. The molecule has 1 aliphatic heterocycles. The van der Waals surface area contributed by atoms with Gasteiger partial charge in [-0.2, -0.15) is 0 Å². The Kier molecular flexibility index (Phi) is 5.03. The first kappa shape index (κ1) is 17.0. The molecule has 8 nitrogen and oxygen atoms in total. The summed E-state index contributed by atoms with van der Waals surface area (Å²) in [6.07, 6.45) is 1.26. The quantitative estimate of drug-likeness (QED) is 0.657. The van der Waals surface area contributed by atoms with E-state index in [9.17, 15) is 14.5 Å². The third-order valence-corrected chi connectivity index (χ3v) is 4.23. The second-order valence-corrected chi connectivity index (χ2v) is 5.68. The Hall–Kier alpha value is -2.81. The van der Waals surface area contributed by atoms with Gasteiger partial charge in [0.15, 0.2) is 0 Å². The van der Waals surface area contributed by atoms with Crippen molar-refractivity contribution in [2.45, 2.75) is 6.92 Å². The van der Waals surface area contributed by atoms with Crippen molar-refractivity contribution in [1.29, 1.82) is 0 Å². The number of halogens is 1. The van der Waals surface area contributed by atoms with E-state index in [0.29, 0.717) is 13.1 Å². The molecular weight excluding hydrogens is 327 g/mol. The van der Waals surface area contributed by atoms with E-state index in [1.807, 2.05) is 4.90 Å². The van der Waals surface area contributed by atoms with Crippen molar-refractivity contribution in [3.63, 3.8) is 0 Å². The SMILES string of the molecule is CCN1CCN(c2ncnc(Nc3ccccc3F)c2[N+](=O)[O-])CC1. The first-order chi connectivity index (χ1) is 12.1. The van der Waals surface area contributed by atoms with Gasteiger partial charge in [0.1, 0.15) is 12.1 Å². The molecule has 2 aromatic rings. The highest BCUT2D eigenvalue weighted by Gasteiger charge is 2.29. The summed E-state index contributed by atoms with van der Waals surface area (Å²) >= 11 is 0. The van der Waals surface area contributed by atoms with Crippen LogP contribution in [0.5, 0.6) is 0 Å². The lowest BCUT2D eigenvalue weighted by Gasteiger charge is -2.34. The number of rotatable bonds is 5. The molecule has 3 rings (SSSR count). The minimum atomic E-state index is -0.523. The van der Waals surface area contributed by atoms with Gasteiger partial charge in [-0.1, -0.05) is 19.1 Å². The molecule has 0 aliphatic carbocycles. The maximum absolute atomic E-state index is 13.9. The fourth-order valence-corrected chi connectivity index (χ4v) is 2.83. The summed E-state index contributed by atoms with van der Waals surface area (Å²) in [5.41, 5.74) is -0.109. The molecule has 0 bridgehead atoms. The van der Waals surface area contributed by atoms with Crippen LogP contribution in [0, 0.1) is 15.9 Å². The van der Waals surface area contributed by atoms with Gasteiger partial charge in [-0.05, 0) is 18.7 Å². The zero-order chi connectivity index (χ0) is 17.8. The summed E-state index contributed by atoms with van der Waals surface area (Å²) < 4.78 is 13.9. The minimum Gasteiger partial charge on any atom is -0.348 e. The summed E-state index contributed by atoms with van der Waals surface area (Å²) in [6, 6.07) is 5.97. The lowest BCUT2D eigenvalue weighted by molar-refractivity contribution is -0.383. The van der Waals surface area contributed by atoms with Crippen LogP contribution in [0.25, 0.3) is 0 Å². The van der Waals surface area contributed by atoms with E-state index in [-0.39, 0.29) is 23.0 Å². The van der Waals surface area contributed by atoms with Gasteiger partial charge in [-0.15, -0.1) is 0 Å². The predicted octanol–water partition coefficient (Wildman–Crippen LogP) is 2.41. The van der Waals surface area contributed by atoms with Crippen LogP contribution in [0.15, 0.2) is 30.6 Å². The van der Waals surface area contributed by atoms with Crippen LogP contribution in [0.4, 0.5) is 27.4 Å². The normalized spacial score (nSPS) is 15.2. The summed E-state index contributed by atoms with van der Waals surface area (Å²) in [4.78, 5) is 23.3. The van der Waals surface area contributed by atoms with Gasteiger partial charge >= 0.3 is 5.69 Å². The lowest BCUT2D eigenvalue weighted by Crippen LogP contribution is -2.46. The van der Waals surface area contributed by atoms with Crippen LogP contribution >= 0.6 is 0 Å². The molecule has 9 heteroatoms. The first-order valence-electron chi connectivity index (χ1n) is 8.08. The van der Waals surface area contributed by atoms with E-state index in [1.165, 1.54) is 18.5 Å². The number of nitrogens with zero attached hydrogens (tertiary/aromatic N) is 5. The van der Waals surface area contributed by atoms with Crippen molar-refractivity contribution in [2.24, 2.45) is 0 Å². The molecule has 132 valence electrons. The van der Waals surface area contributed by atoms with E-state index < -0.39 is 10.7 Å². The first-order valence-corrected chi connectivity index (χ1v) is 8.08. The second-order valence-electron chi connectivity index (χ2n) is 5.68. The van der Waals surface area contributed by atoms with Gasteiger partial charge < -0.3 is 15.1 Å². The summed E-state index contributed by atoms with van der Waals surface area (Å²) in [6.45, 7) is 5.94. The fourth-order valence-electron chi connectivity index (χ4n) is 2.83.